The summed E-state index contributed by atoms with van der Waals surface area (Å²) in [6.45, 7) is 0. The average Bonchev–Trinajstić information content (AvgIpc) is 2.31. The summed E-state index contributed by atoms with van der Waals surface area (Å²) in [5.41, 5.74) is 0.314. The van der Waals surface area contributed by atoms with Gasteiger partial charge in [-0.05, 0) is 35.9 Å². The molecule has 0 fully saturated rings. The van der Waals surface area contributed by atoms with E-state index in [4.69, 9.17) is 11.6 Å². The number of hydrogen-bond acceptors (Lipinski definition) is 1. The van der Waals surface area contributed by atoms with Crippen LogP contribution in [-0.4, -0.2) is 5.11 Å². The molecule has 0 saturated carbocycles. The normalized spacial score (nSPS) is 12.5. The number of rotatable bonds is 2. The van der Waals surface area contributed by atoms with Gasteiger partial charge in [0.05, 0.1) is 0 Å². The lowest BCUT2D eigenvalue weighted by Gasteiger charge is -2.12. The van der Waals surface area contributed by atoms with Crippen LogP contribution in [0.5, 0.6) is 0 Å². The molecule has 0 aliphatic carbocycles. The molecule has 0 aromatic heterocycles. The number of halogens is 3. The van der Waals surface area contributed by atoms with Crippen molar-refractivity contribution in [3.63, 3.8) is 0 Å². The van der Waals surface area contributed by atoms with Crippen LogP contribution in [0.15, 0.2) is 42.5 Å². The molecule has 2 aromatic carbocycles. The molecule has 1 N–H and O–H groups in total. The Kier molecular flexibility index (Phi) is 3.41. The molecule has 88 valence electrons. The minimum Gasteiger partial charge on any atom is -0.384 e. The predicted molar refractivity (Wildman–Crippen MR) is 61.9 cm³/mol. The molecule has 1 nitrogen and oxygen atoms in total. The second kappa shape index (κ2) is 4.82. The van der Waals surface area contributed by atoms with Crippen molar-refractivity contribution in [1.82, 2.24) is 0 Å². The van der Waals surface area contributed by atoms with Gasteiger partial charge >= 0.3 is 0 Å². The molecule has 2 rings (SSSR count). The number of aliphatic hydroxyl groups excluding tert-OH is 1. The van der Waals surface area contributed by atoms with Gasteiger partial charge in [0, 0.05) is 10.6 Å². The highest BCUT2D eigenvalue weighted by Gasteiger charge is 2.15. The fraction of sp³-hybridized carbons (Fsp3) is 0.0769. The minimum atomic E-state index is -1.23. The SMILES string of the molecule is O[C@H](c1cccc(F)c1)c1cc(Cl)ccc1F. The van der Waals surface area contributed by atoms with E-state index in [1.165, 1.54) is 36.4 Å². The Morgan fingerprint density at radius 1 is 1.06 bits per heavy atom. The van der Waals surface area contributed by atoms with E-state index in [-0.39, 0.29) is 11.1 Å². The summed E-state index contributed by atoms with van der Waals surface area (Å²) < 4.78 is 26.5. The van der Waals surface area contributed by atoms with Crippen LogP contribution in [0.1, 0.15) is 17.2 Å². The van der Waals surface area contributed by atoms with Crippen molar-refractivity contribution >= 4 is 11.6 Å². The van der Waals surface area contributed by atoms with Crippen molar-refractivity contribution < 1.29 is 13.9 Å². The van der Waals surface area contributed by atoms with Crippen molar-refractivity contribution in [3.05, 3.63) is 70.2 Å². The first-order chi connectivity index (χ1) is 8.08. The number of hydrogen-bond donors (Lipinski definition) is 1. The second-order valence-electron chi connectivity index (χ2n) is 3.62. The van der Waals surface area contributed by atoms with E-state index in [1.54, 1.807) is 0 Å². The van der Waals surface area contributed by atoms with Crippen molar-refractivity contribution in [2.75, 3.05) is 0 Å². The van der Waals surface area contributed by atoms with Crippen LogP contribution in [0.25, 0.3) is 0 Å². The largest absolute Gasteiger partial charge is 0.384 e. The fourth-order valence-corrected chi connectivity index (χ4v) is 1.76. The minimum absolute atomic E-state index is 0.0306. The van der Waals surface area contributed by atoms with Gasteiger partial charge in [0.2, 0.25) is 0 Å². The second-order valence-corrected chi connectivity index (χ2v) is 4.06. The molecule has 0 spiro atoms. The maximum Gasteiger partial charge on any atom is 0.129 e. The lowest BCUT2D eigenvalue weighted by atomic mass is 10.0. The van der Waals surface area contributed by atoms with Gasteiger partial charge in [0.1, 0.15) is 17.7 Å². The molecule has 2 aromatic rings. The molecule has 17 heavy (non-hydrogen) atoms. The molecule has 1 atom stereocenters. The van der Waals surface area contributed by atoms with Gasteiger partial charge in [-0.25, -0.2) is 8.78 Å². The van der Waals surface area contributed by atoms with Gasteiger partial charge in [0.25, 0.3) is 0 Å². The van der Waals surface area contributed by atoms with E-state index in [0.29, 0.717) is 5.02 Å². The smallest absolute Gasteiger partial charge is 0.129 e. The van der Waals surface area contributed by atoms with E-state index in [2.05, 4.69) is 0 Å². The summed E-state index contributed by atoms with van der Waals surface area (Å²) in [4.78, 5) is 0. The monoisotopic (exact) mass is 254 g/mol. The molecule has 0 aliphatic heterocycles. The first kappa shape index (κ1) is 12.0. The molecule has 0 saturated heterocycles. The first-order valence-electron chi connectivity index (χ1n) is 4.96. The maximum atomic E-state index is 13.5. The Morgan fingerprint density at radius 2 is 1.82 bits per heavy atom. The van der Waals surface area contributed by atoms with Gasteiger partial charge in [-0.2, -0.15) is 0 Å². The van der Waals surface area contributed by atoms with Crippen LogP contribution in [-0.2, 0) is 0 Å². The molecule has 0 aliphatic rings. The highest BCUT2D eigenvalue weighted by Crippen LogP contribution is 2.27. The molecule has 4 heteroatoms. The zero-order chi connectivity index (χ0) is 12.4. The zero-order valence-electron chi connectivity index (χ0n) is 8.70. The van der Waals surface area contributed by atoms with Crippen molar-refractivity contribution in [1.29, 1.82) is 0 Å². The Balaban J connectivity index is 2.43. The van der Waals surface area contributed by atoms with Crippen LogP contribution in [0.3, 0.4) is 0 Å². The zero-order valence-corrected chi connectivity index (χ0v) is 9.46. The predicted octanol–water partition coefficient (Wildman–Crippen LogP) is 3.70. The average molecular weight is 255 g/mol. The van der Waals surface area contributed by atoms with Crippen LogP contribution in [0, 0.1) is 11.6 Å². The van der Waals surface area contributed by atoms with Crippen molar-refractivity contribution in [2.24, 2.45) is 0 Å². The third-order valence-electron chi connectivity index (χ3n) is 2.42. The van der Waals surface area contributed by atoms with Gasteiger partial charge < -0.3 is 5.11 Å². The van der Waals surface area contributed by atoms with E-state index in [1.807, 2.05) is 0 Å². The standard InChI is InChI=1S/C13H9ClF2O/c14-9-4-5-12(16)11(7-9)13(17)8-2-1-3-10(15)6-8/h1-7,13,17H/t13-/m1/s1. The summed E-state index contributed by atoms with van der Waals surface area (Å²) in [5, 5.41) is 10.3. The van der Waals surface area contributed by atoms with E-state index >= 15 is 0 Å². The topological polar surface area (TPSA) is 20.2 Å². The Labute approximate surface area is 102 Å². The van der Waals surface area contributed by atoms with E-state index in [0.717, 1.165) is 6.07 Å². The van der Waals surface area contributed by atoms with Crippen molar-refractivity contribution in [3.8, 4) is 0 Å². The molecular formula is C13H9ClF2O. The van der Waals surface area contributed by atoms with Crippen LogP contribution in [0.4, 0.5) is 8.78 Å². The Morgan fingerprint density at radius 3 is 2.53 bits per heavy atom. The molecule has 0 unspecified atom stereocenters. The molecule has 0 radical (unpaired) electrons. The quantitative estimate of drug-likeness (QED) is 0.866. The third-order valence-corrected chi connectivity index (χ3v) is 2.65. The van der Waals surface area contributed by atoms with Crippen LogP contribution in [0.2, 0.25) is 5.02 Å². The molecule has 0 bridgehead atoms. The number of aliphatic hydroxyl groups is 1. The summed E-state index contributed by atoms with van der Waals surface area (Å²) in [5.74, 6) is -1.06. The highest BCUT2D eigenvalue weighted by atomic mass is 35.5. The Bertz CT molecular complexity index is 543. The lowest BCUT2D eigenvalue weighted by Crippen LogP contribution is -2.02. The highest BCUT2D eigenvalue weighted by molar-refractivity contribution is 6.30. The molecular weight excluding hydrogens is 246 g/mol. The maximum absolute atomic E-state index is 13.5. The summed E-state index contributed by atoms with van der Waals surface area (Å²) in [7, 11) is 0. The third kappa shape index (κ3) is 2.62. The first-order valence-corrected chi connectivity index (χ1v) is 5.34. The van der Waals surface area contributed by atoms with Crippen LogP contribution >= 0.6 is 11.6 Å². The summed E-state index contributed by atoms with van der Waals surface area (Å²) in [6.07, 6.45) is -1.23. The molecule has 0 heterocycles. The Hall–Kier alpha value is -1.45. The lowest BCUT2D eigenvalue weighted by molar-refractivity contribution is 0.214. The number of benzene rings is 2. The van der Waals surface area contributed by atoms with Gasteiger partial charge in [-0.3, -0.25) is 0 Å². The molecule has 0 amide bonds. The summed E-state index contributed by atoms with van der Waals surface area (Å²) >= 11 is 5.73. The van der Waals surface area contributed by atoms with Gasteiger partial charge in [-0.1, -0.05) is 23.7 Å². The van der Waals surface area contributed by atoms with E-state index in [9.17, 15) is 13.9 Å². The van der Waals surface area contributed by atoms with Gasteiger partial charge in [0.15, 0.2) is 0 Å². The fourth-order valence-electron chi connectivity index (χ4n) is 1.58. The summed E-state index contributed by atoms with van der Waals surface area (Å²) in [6, 6.07) is 9.27. The van der Waals surface area contributed by atoms with E-state index < -0.39 is 17.7 Å². The van der Waals surface area contributed by atoms with Crippen LogP contribution < -0.4 is 0 Å². The van der Waals surface area contributed by atoms with Crippen molar-refractivity contribution in [2.45, 2.75) is 6.10 Å². The van der Waals surface area contributed by atoms with Gasteiger partial charge in [-0.15, -0.1) is 0 Å².